The number of aryl methyl sites for hydroxylation is 1. The Bertz CT molecular complexity index is 956. The van der Waals surface area contributed by atoms with Crippen LogP contribution in [0.15, 0.2) is 35.7 Å². The maximum Gasteiger partial charge on any atom is 0.239 e. The molecule has 2 aromatic rings. The van der Waals surface area contributed by atoms with Gasteiger partial charge in [0.2, 0.25) is 11.8 Å². The molecule has 5 nitrogen and oxygen atoms in total. The zero-order valence-electron chi connectivity index (χ0n) is 19.5. The molecule has 1 saturated heterocycles. The number of nitrogens with zero attached hydrogens (tertiary/aromatic N) is 3. The van der Waals surface area contributed by atoms with Crippen LogP contribution in [0.3, 0.4) is 0 Å². The summed E-state index contributed by atoms with van der Waals surface area (Å²) in [6, 6.07) is 10.7. The lowest BCUT2D eigenvalue weighted by Crippen LogP contribution is -2.51. The van der Waals surface area contributed by atoms with Gasteiger partial charge in [-0.3, -0.25) is 14.5 Å². The van der Waals surface area contributed by atoms with Gasteiger partial charge in [0.1, 0.15) is 0 Å². The van der Waals surface area contributed by atoms with Crippen molar-refractivity contribution in [3.8, 4) is 0 Å². The molecule has 4 rings (SSSR count). The van der Waals surface area contributed by atoms with E-state index >= 15 is 0 Å². The van der Waals surface area contributed by atoms with Gasteiger partial charge in [-0.2, -0.15) is 0 Å². The molecule has 6 heteroatoms. The molecule has 2 aliphatic heterocycles. The van der Waals surface area contributed by atoms with Crippen LogP contribution in [0.4, 0.5) is 0 Å². The molecular weight excluding hydrogens is 418 g/mol. The molecule has 2 atom stereocenters. The van der Waals surface area contributed by atoms with Crippen molar-refractivity contribution in [3.63, 3.8) is 0 Å². The fourth-order valence-corrected chi connectivity index (χ4v) is 6.06. The van der Waals surface area contributed by atoms with Gasteiger partial charge >= 0.3 is 0 Å². The lowest BCUT2D eigenvalue weighted by Gasteiger charge is -2.41. The highest BCUT2D eigenvalue weighted by molar-refractivity contribution is 7.10. The topological polar surface area (TPSA) is 43.9 Å². The molecule has 32 heavy (non-hydrogen) atoms. The van der Waals surface area contributed by atoms with Crippen LogP contribution in [0.1, 0.15) is 60.7 Å². The third-order valence-corrected chi connectivity index (χ3v) is 7.96. The number of benzene rings is 1. The van der Waals surface area contributed by atoms with E-state index in [1.807, 2.05) is 28.1 Å². The van der Waals surface area contributed by atoms with Crippen molar-refractivity contribution in [1.82, 2.24) is 14.7 Å². The average molecular weight is 454 g/mol. The molecule has 0 radical (unpaired) electrons. The average Bonchev–Trinajstić information content (AvgIpc) is 3.14. The predicted octanol–water partition coefficient (Wildman–Crippen LogP) is 4.25. The van der Waals surface area contributed by atoms with Crippen LogP contribution in [0.2, 0.25) is 0 Å². The summed E-state index contributed by atoms with van der Waals surface area (Å²) in [7, 11) is 0. The Kier molecular flexibility index (Phi) is 7.31. The van der Waals surface area contributed by atoms with Crippen molar-refractivity contribution in [3.05, 3.63) is 57.3 Å². The summed E-state index contributed by atoms with van der Waals surface area (Å²) in [5, 5.41) is 2.18. The summed E-state index contributed by atoms with van der Waals surface area (Å²) in [4.78, 5) is 33.8. The van der Waals surface area contributed by atoms with Gasteiger partial charge < -0.3 is 9.80 Å². The Labute approximate surface area is 196 Å². The third kappa shape index (κ3) is 4.62. The van der Waals surface area contributed by atoms with Gasteiger partial charge in [-0.25, -0.2) is 0 Å². The Balaban J connectivity index is 1.54. The zero-order valence-corrected chi connectivity index (χ0v) is 20.4. The Morgan fingerprint density at radius 3 is 2.56 bits per heavy atom. The van der Waals surface area contributed by atoms with Crippen LogP contribution >= 0.6 is 11.3 Å². The van der Waals surface area contributed by atoms with Crippen molar-refractivity contribution in [2.45, 2.75) is 58.5 Å². The molecule has 3 heterocycles. The van der Waals surface area contributed by atoms with Crippen molar-refractivity contribution in [2.24, 2.45) is 0 Å². The maximum atomic E-state index is 13.6. The van der Waals surface area contributed by atoms with E-state index in [0.29, 0.717) is 19.5 Å². The number of carbonyl (C=O) groups excluding carboxylic acids is 2. The molecule has 0 saturated carbocycles. The van der Waals surface area contributed by atoms with E-state index in [4.69, 9.17) is 0 Å². The second-order valence-electron chi connectivity index (χ2n) is 9.03. The second kappa shape index (κ2) is 10.2. The fourth-order valence-electron chi connectivity index (χ4n) is 5.16. The second-order valence-corrected chi connectivity index (χ2v) is 10.0. The monoisotopic (exact) mass is 453 g/mol. The van der Waals surface area contributed by atoms with Crippen LogP contribution in [-0.4, -0.2) is 65.3 Å². The quantitative estimate of drug-likeness (QED) is 0.680. The first kappa shape index (κ1) is 23.0. The van der Waals surface area contributed by atoms with Gasteiger partial charge in [0.25, 0.3) is 0 Å². The number of amides is 2. The summed E-state index contributed by atoms with van der Waals surface area (Å²) < 4.78 is 0. The standard InChI is InChI=1S/C26H35N3O2S/c1-4-8-24(30)27-13-7-14-28(17-16-27)26(31)20(3)29-15-11-23-22(12-18-32-23)25(29)21-10-6-5-9-19(21)2/h5-6,9-10,12,18,20,25H,4,7-8,11,13-17H2,1-3H3/t20-,25+/m0/s1. The zero-order chi connectivity index (χ0) is 22.7. The molecule has 172 valence electrons. The normalized spacial score (nSPS) is 20.5. The van der Waals surface area contributed by atoms with Crippen LogP contribution in [0, 0.1) is 6.92 Å². The van der Waals surface area contributed by atoms with Crippen molar-refractivity contribution >= 4 is 23.2 Å². The molecule has 0 aliphatic carbocycles. The van der Waals surface area contributed by atoms with Gasteiger partial charge in [-0.05, 0) is 61.2 Å². The van der Waals surface area contributed by atoms with Crippen LogP contribution in [0.25, 0.3) is 0 Å². The molecule has 2 aliphatic rings. The summed E-state index contributed by atoms with van der Waals surface area (Å²) in [6.45, 7) is 9.91. The van der Waals surface area contributed by atoms with Gasteiger partial charge in [0.15, 0.2) is 0 Å². The highest BCUT2D eigenvalue weighted by Gasteiger charge is 2.37. The van der Waals surface area contributed by atoms with Gasteiger partial charge in [-0.1, -0.05) is 31.2 Å². The number of thiophene rings is 1. The smallest absolute Gasteiger partial charge is 0.239 e. The van der Waals surface area contributed by atoms with Crippen molar-refractivity contribution in [2.75, 3.05) is 32.7 Å². The van der Waals surface area contributed by atoms with Crippen molar-refractivity contribution in [1.29, 1.82) is 0 Å². The number of fused-ring (bicyclic) bond motifs is 1. The van der Waals surface area contributed by atoms with Crippen LogP contribution in [0.5, 0.6) is 0 Å². The molecule has 1 aromatic heterocycles. The summed E-state index contributed by atoms with van der Waals surface area (Å²) in [5.74, 6) is 0.405. The lowest BCUT2D eigenvalue weighted by molar-refractivity contribution is -0.138. The molecule has 2 amide bonds. The molecule has 0 N–H and O–H groups in total. The third-order valence-electron chi connectivity index (χ3n) is 6.97. The Hall–Kier alpha value is -2.18. The first-order valence-corrected chi connectivity index (χ1v) is 12.8. The van der Waals surface area contributed by atoms with Gasteiger partial charge in [-0.15, -0.1) is 11.3 Å². The molecule has 0 bridgehead atoms. The van der Waals surface area contributed by atoms with Crippen molar-refractivity contribution < 1.29 is 9.59 Å². The SMILES string of the molecule is CCCC(=O)N1CCCN(C(=O)[C@H](C)N2CCc3sccc3[C@H]2c2ccccc2C)CC1. The molecular formula is C26H35N3O2S. The van der Waals surface area contributed by atoms with E-state index in [1.165, 1.54) is 21.6 Å². The van der Waals surface area contributed by atoms with E-state index in [1.54, 1.807) is 0 Å². The fraction of sp³-hybridized carbons (Fsp3) is 0.538. The highest BCUT2D eigenvalue weighted by Crippen LogP contribution is 2.40. The highest BCUT2D eigenvalue weighted by atomic mass is 32.1. The number of hydrogen-bond donors (Lipinski definition) is 0. The number of carbonyl (C=O) groups is 2. The summed E-state index contributed by atoms with van der Waals surface area (Å²) in [6.07, 6.45) is 3.31. The van der Waals surface area contributed by atoms with E-state index in [2.05, 4.69) is 54.5 Å². The maximum absolute atomic E-state index is 13.6. The molecule has 1 fully saturated rings. The summed E-state index contributed by atoms with van der Waals surface area (Å²) >= 11 is 1.83. The lowest BCUT2D eigenvalue weighted by atomic mass is 9.89. The Morgan fingerprint density at radius 2 is 1.78 bits per heavy atom. The first-order chi connectivity index (χ1) is 15.5. The van der Waals surface area contributed by atoms with Gasteiger partial charge in [0.05, 0.1) is 12.1 Å². The summed E-state index contributed by atoms with van der Waals surface area (Å²) in [5.41, 5.74) is 3.90. The van der Waals surface area contributed by atoms with Crippen LogP contribution in [-0.2, 0) is 16.0 Å². The molecule has 0 spiro atoms. The van der Waals surface area contributed by atoms with E-state index < -0.39 is 0 Å². The molecule has 1 aromatic carbocycles. The first-order valence-electron chi connectivity index (χ1n) is 11.9. The molecule has 0 unspecified atom stereocenters. The minimum absolute atomic E-state index is 0.111. The number of hydrogen-bond acceptors (Lipinski definition) is 4. The van der Waals surface area contributed by atoms with E-state index in [9.17, 15) is 9.59 Å². The van der Waals surface area contributed by atoms with E-state index in [-0.39, 0.29) is 23.9 Å². The van der Waals surface area contributed by atoms with E-state index in [0.717, 1.165) is 38.9 Å². The Morgan fingerprint density at radius 1 is 1.03 bits per heavy atom. The minimum Gasteiger partial charge on any atom is -0.341 e. The van der Waals surface area contributed by atoms with Gasteiger partial charge in [0, 0.05) is 44.0 Å². The largest absolute Gasteiger partial charge is 0.341 e. The van der Waals surface area contributed by atoms with Crippen LogP contribution < -0.4 is 0 Å². The predicted molar refractivity (Wildman–Crippen MR) is 130 cm³/mol. The minimum atomic E-state index is -0.203. The number of rotatable bonds is 5.